The largest absolute Gasteiger partial charge is 0.399 e. The number of anilines is 1. The molecule has 0 aliphatic carbocycles. The number of halogens is 1. The molecule has 0 unspecified atom stereocenters. The maximum atomic E-state index is 13.4. The molecule has 5 rings (SSSR count). The highest BCUT2D eigenvalue weighted by molar-refractivity contribution is 5.59. The predicted molar refractivity (Wildman–Crippen MR) is 112 cm³/mol. The fraction of sp³-hybridized carbons (Fsp3) is 0.174. The Balaban J connectivity index is 1.29. The second-order valence-corrected chi connectivity index (χ2v) is 7.44. The summed E-state index contributed by atoms with van der Waals surface area (Å²) >= 11 is 0. The van der Waals surface area contributed by atoms with Gasteiger partial charge in [-0.2, -0.15) is 0 Å². The van der Waals surface area contributed by atoms with Crippen LogP contribution < -0.4 is 5.73 Å². The van der Waals surface area contributed by atoms with Gasteiger partial charge in [-0.25, -0.2) is 14.4 Å². The van der Waals surface area contributed by atoms with Crippen molar-refractivity contribution in [2.45, 2.75) is 19.5 Å². The number of nitrogens with two attached hydrogens (primary N) is 1. The van der Waals surface area contributed by atoms with Crippen LogP contribution >= 0.6 is 0 Å². The molecule has 6 nitrogen and oxygen atoms in total. The molecule has 30 heavy (non-hydrogen) atoms. The molecule has 4 aromatic rings. The lowest BCUT2D eigenvalue weighted by atomic mass is 10.1. The van der Waals surface area contributed by atoms with Gasteiger partial charge in [0.2, 0.25) is 0 Å². The lowest BCUT2D eigenvalue weighted by molar-refractivity contribution is 0.213. The van der Waals surface area contributed by atoms with Gasteiger partial charge < -0.3 is 10.3 Å². The minimum absolute atomic E-state index is 0.289. The van der Waals surface area contributed by atoms with Gasteiger partial charge in [-0.1, -0.05) is 17.3 Å². The highest BCUT2D eigenvalue weighted by Gasteiger charge is 2.20. The fourth-order valence-corrected chi connectivity index (χ4v) is 3.67. The van der Waals surface area contributed by atoms with Gasteiger partial charge >= 0.3 is 0 Å². The first-order chi connectivity index (χ1) is 14.6. The Hall–Kier alpha value is -3.58. The van der Waals surface area contributed by atoms with Gasteiger partial charge in [-0.15, -0.1) is 0 Å². The molecule has 0 atom stereocenters. The molecule has 0 saturated carbocycles. The van der Waals surface area contributed by atoms with Gasteiger partial charge in [0.1, 0.15) is 11.5 Å². The second kappa shape index (κ2) is 7.68. The number of aromatic nitrogens is 3. The molecular weight excluding hydrogens is 381 g/mol. The maximum absolute atomic E-state index is 13.4. The number of fused-ring (bicyclic) bond motifs is 1. The van der Waals surface area contributed by atoms with E-state index in [1.165, 1.54) is 12.1 Å². The Morgan fingerprint density at radius 3 is 2.77 bits per heavy atom. The average Bonchev–Trinajstić information content (AvgIpc) is 3.22. The maximum Gasteiger partial charge on any atom is 0.159 e. The van der Waals surface area contributed by atoms with Crippen molar-refractivity contribution in [3.05, 3.63) is 83.6 Å². The van der Waals surface area contributed by atoms with Crippen LogP contribution in [0.15, 0.2) is 65.3 Å². The summed E-state index contributed by atoms with van der Waals surface area (Å²) in [6, 6.07) is 15.8. The van der Waals surface area contributed by atoms with E-state index in [4.69, 9.17) is 15.2 Å². The monoisotopic (exact) mass is 401 g/mol. The van der Waals surface area contributed by atoms with Gasteiger partial charge in [-0.3, -0.25) is 4.90 Å². The molecule has 150 valence electrons. The number of nitrogen functional groups attached to an aromatic ring is 1. The third-order valence-corrected chi connectivity index (χ3v) is 5.24. The molecule has 2 aromatic carbocycles. The van der Waals surface area contributed by atoms with E-state index in [0.717, 1.165) is 53.6 Å². The first-order valence-corrected chi connectivity index (χ1v) is 9.79. The van der Waals surface area contributed by atoms with E-state index in [1.54, 1.807) is 6.07 Å². The molecule has 7 heteroatoms. The molecule has 1 aliphatic rings. The first-order valence-electron chi connectivity index (χ1n) is 9.79. The van der Waals surface area contributed by atoms with Gasteiger partial charge in [-0.05, 0) is 36.4 Å². The fourth-order valence-electron chi connectivity index (χ4n) is 3.67. The third-order valence-electron chi connectivity index (χ3n) is 5.24. The summed E-state index contributed by atoms with van der Waals surface area (Å²) in [6.45, 7) is 2.23. The highest BCUT2D eigenvalue weighted by atomic mass is 19.1. The quantitative estimate of drug-likeness (QED) is 0.519. The minimum Gasteiger partial charge on any atom is -0.399 e. The van der Waals surface area contributed by atoms with E-state index in [0.29, 0.717) is 17.8 Å². The average molecular weight is 401 g/mol. The van der Waals surface area contributed by atoms with Crippen LogP contribution in [0.25, 0.3) is 22.6 Å². The van der Waals surface area contributed by atoms with Crippen molar-refractivity contribution < 1.29 is 8.91 Å². The van der Waals surface area contributed by atoms with Crippen molar-refractivity contribution >= 4 is 5.69 Å². The molecular formula is C23H20FN5O. The first kappa shape index (κ1) is 18.4. The Morgan fingerprint density at radius 2 is 1.93 bits per heavy atom. The van der Waals surface area contributed by atoms with Gasteiger partial charge in [0.15, 0.2) is 11.6 Å². The molecule has 0 amide bonds. The number of hydrogen-bond donors (Lipinski definition) is 1. The van der Waals surface area contributed by atoms with Crippen molar-refractivity contribution in [2.24, 2.45) is 0 Å². The molecule has 0 bridgehead atoms. The van der Waals surface area contributed by atoms with Crippen LogP contribution in [0.2, 0.25) is 0 Å². The van der Waals surface area contributed by atoms with E-state index in [-0.39, 0.29) is 5.82 Å². The summed E-state index contributed by atoms with van der Waals surface area (Å²) in [7, 11) is 0. The van der Waals surface area contributed by atoms with E-state index >= 15 is 0 Å². The summed E-state index contributed by atoms with van der Waals surface area (Å²) in [5.74, 6) is 1.18. The summed E-state index contributed by atoms with van der Waals surface area (Å²) in [5.41, 5.74) is 11.0. The highest BCUT2D eigenvalue weighted by Crippen LogP contribution is 2.24. The Bertz CT molecular complexity index is 1190. The second-order valence-electron chi connectivity index (χ2n) is 7.44. The van der Waals surface area contributed by atoms with Crippen LogP contribution in [0.1, 0.15) is 17.0 Å². The van der Waals surface area contributed by atoms with Crippen molar-refractivity contribution in [1.29, 1.82) is 0 Å². The molecule has 3 heterocycles. The summed E-state index contributed by atoms with van der Waals surface area (Å²) in [5, 5.41) is 4.09. The summed E-state index contributed by atoms with van der Waals surface area (Å²) < 4.78 is 18.9. The number of hydrogen-bond acceptors (Lipinski definition) is 6. The number of nitrogens with zero attached hydrogens (tertiary/aromatic N) is 4. The third kappa shape index (κ3) is 3.79. The zero-order chi connectivity index (χ0) is 20.5. The Morgan fingerprint density at radius 1 is 1.07 bits per heavy atom. The van der Waals surface area contributed by atoms with E-state index < -0.39 is 0 Å². The van der Waals surface area contributed by atoms with Crippen LogP contribution in [0.4, 0.5) is 10.1 Å². The number of benzene rings is 2. The van der Waals surface area contributed by atoms with Crippen molar-refractivity contribution in [1.82, 2.24) is 20.0 Å². The molecule has 2 N–H and O–H groups in total. The minimum atomic E-state index is -0.289. The van der Waals surface area contributed by atoms with Gasteiger partial charge in [0.25, 0.3) is 0 Å². The Labute approximate surface area is 173 Å². The van der Waals surface area contributed by atoms with Crippen LogP contribution in [-0.4, -0.2) is 26.6 Å². The topological polar surface area (TPSA) is 81.1 Å². The van der Waals surface area contributed by atoms with E-state index in [2.05, 4.69) is 15.0 Å². The van der Waals surface area contributed by atoms with Gasteiger partial charge in [0.05, 0.1) is 12.2 Å². The molecule has 0 radical (unpaired) electrons. The molecule has 0 spiro atoms. The Kier molecular flexibility index (Phi) is 4.72. The van der Waals surface area contributed by atoms with Crippen LogP contribution in [-0.2, 0) is 19.5 Å². The van der Waals surface area contributed by atoms with Crippen LogP contribution in [0.3, 0.4) is 0 Å². The van der Waals surface area contributed by atoms with Crippen LogP contribution in [0.5, 0.6) is 0 Å². The zero-order valence-electron chi connectivity index (χ0n) is 16.3. The smallest absolute Gasteiger partial charge is 0.159 e. The van der Waals surface area contributed by atoms with Crippen molar-refractivity contribution in [3.63, 3.8) is 0 Å². The molecule has 2 aromatic heterocycles. The zero-order valence-corrected chi connectivity index (χ0v) is 16.3. The van der Waals surface area contributed by atoms with Crippen molar-refractivity contribution in [2.75, 3.05) is 12.3 Å². The summed E-state index contributed by atoms with van der Waals surface area (Å²) in [4.78, 5) is 11.6. The lowest BCUT2D eigenvalue weighted by Crippen LogP contribution is -2.30. The van der Waals surface area contributed by atoms with Crippen molar-refractivity contribution in [3.8, 4) is 22.6 Å². The standard InChI is InChI=1S/C23H20FN5O/c24-18-3-1-2-16(10-18)22-11-20(30-28-22)14-29-9-8-21-17(13-29)12-26-23(27-21)15-4-6-19(25)7-5-15/h1-7,10-12H,8-9,13-14,25H2. The summed E-state index contributed by atoms with van der Waals surface area (Å²) in [6.07, 6.45) is 2.74. The molecule has 1 aliphatic heterocycles. The predicted octanol–water partition coefficient (Wildman–Crippen LogP) is 4.08. The van der Waals surface area contributed by atoms with Crippen LogP contribution in [0, 0.1) is 5.82 Å². The molecule has 0 fully saturated rings. The SMILES string of the molecule is Nc1ccc(-c2ncc3c(n2)CCN(Cc2cc(-c4cccc(F)c4)no2)C3)cc1. The normalized spacial score (nSPS) is 13.9. The van der Waals surface area contributed by atoms with Gasteiger partial charge in [0, 0.05) is 54.2 Å². The number of rotatable bonds is 4. The van der Waals surface area contributed by atoms with E-state index in [9.17, 15) is 4.39 Å². The van der Waals surface area contributed by atoms with E-state index in [1.807, 2.05) is 42.6 Å². The molecule has 0 saturated heterocycles. The lowest BCUT2D eigenvalue weighted by Gasteiger charge is -2.27.